The molecule has 6 rings (SSSR count). The number of carbonyl (C=O) groups excluding carboxylic acids is 2. The first kappa shape index (κ1) is 47.8. The summed E-state index contributed by atoms with van der Waals surface area (Å²) in [6, 6.07) is 20.1. The summed E-state index contributed by atoms with van der Waals surface area (Å²) in [6.07, 6.45) is -6.09. The van der Waals surface area contributed by atoms with E-state index in [4.69, 9.17) is 18.9 Å². The average molecular weight is 873 g/mol. The van der Waals surface area contributed by atoms with Crippen LogP contribution in [0.25, 0.3) is 0 Å². The summed E-state index contributed by atoms with van der Waals surface area (Å²) in [5, 5.41) is 6.68. The van der Waals surface area contributed by atoms with E-state index < -0.39 is 58.0 Å². The first-order valence-electron chi connectivity index (χ1n) is 20.4. The summed E-state index contributed by atoms with van der Waals surface area (Å²) in [7, 11) is 0. The van der Waals surface area contributed by atoms with Crippen LogP contribution >= 0.6 is 0 Å². The molecule has 0 unspecified atom stereocenters. The lowest BCUT2D eigenvalue weighted by molar-refractivity contribution is -0.164. The second kappa shape index (κ2) is 20.3. The van der Waals surface area contributed by atoms with E-state index in [9.17, 15) is 35.9 Å². The number of alkyl halides is 6. The molecule has 62 heavy (non-hydrogen) atoms. The second-order valence-electron chi connectivity index (χ2n) is 16.9. The van der Waals surface area contributed by atoms with Gasteiger partial charge in [-0.15, -0.1) is 0 Å². The van der Waals surface area contributed by atoms with Crippen molar-refractivity contribution < 1.29 is 54.9 Å². The lowest BCUT2D eigenvalue weighted by Crippen LogP contribution is -2.44. The Kier molecular flexibility index (Phi) is 15.7. The van der Waals surface area contributed by atoms with Crippen molar-refractivity contribution in [3.05, 3.63) is 119 Å². The lowest BCUT2D eigenvalue weighted by Gasteiger charge is -2.35. The molecule has 2 aromatic heterocycles. The third-order valence-corrected chi connectivity index (χ3v) is 10.9. The van der Waals surface area contributed by atoms with Crippen LogP contribution in [-0.2, 0) is 31.4 Å². The molecule has 4 heterocycles. The van der Waals surface area contributed by atoms with Crippen molar-refractivity contribution in [2.45, 2.75) is 90.8 Å². The molecule has 0 bridgehead atoms. The third-order valence-electron chi connectivity index (χ3n) is 10.9. The second-order valence-corrected chi connectivity index (χ2v) is 16.9. The highest BCUT2D eigenvalue weighted by molar-refractivity contribution is 5.77. The highest BCUT2D eigenvalue weighted by Gasteiger charge is 2.41. The molecule has 2 fully saturated rings. The number of hydrogen-bond acceptors (Lipinski definition) is 10. The van der Waals surface area contributed by atoms with Crippen LogP contribution in [-0.4, -0.2) is 73.5 Å². The van der Waals surface area contributed by atoms with E-state index >= 15 is 0 Å². The molecule has 2 aliphatic rings. The normalized spacial score (nSPS) is 19.7. The van der Waals surface area contributed by atoms with Gasteiger partial charge >= 0.3 is 24.3 Å². The number of rotatable bonds is 12. The fraction of sp³-hybridized carbons (Fsp3) is 0.478. The zero-order valence-electron chi connectivity index (χ0n) is 35.7. The molecule has 336 valence electrons. The number of esters is 2. The molecule has 0 saturated carbocycles. The standard InChI is InChI=1S/2C23H27F3N2O3/c2*1-15-7-4-5-8-16(15)17-13-27-12-10-19(17)31-21(29)22(2,3)14-30-20-18(23(24,25)26)9-6-11-28-20/h2*4-9,11,17,19,27H,10,12-14H2,1-3H3/t2*17-,19+/m10/s1. The Bertz CT molecular complexity index is 1980. The van der Waals surface area contributed by atoms with E-state index in [1.165, 1.54) is 24.5 Å². The minimum atomic E-state index is -4.59. The zero-order valence-corrected chi connectivity index (χ0v) is 35.7. The van der Waals surface area contributed by atoms with Gasteiger partial charge in [0.1, 0.15) is 36.5 Å². The molecule has 0 amide bonds. The summed E-state index contributed by atoms with van der Waals surface area (Å²) in [5.74, 6) is -2.11. The van der Waals surface area contributed by atoms with E-state index in [1.807, 2.05) is 62.4 Å². The van der Waals surface area contributed by atoms with E-state index in [0.717, 1.165) is 47.5 Å². The van der Waals surface area contributed by atoms with Gasteiger partial charge in [0.15, 0.2) is 0 Å². The molecule has 0 radical (unpaired) electrons. The maximum absolute atomic E-state index is 13.2. The molecular formula is C46H54F6N4O6. The van der Waals surface area contributed by atoms with Gasteiger partial charge in [-0.3, -0.25) is 9.59 Å². The van der Waals surface area contributed by atoms with Gasteiger partial charge in [-0.1, -0.05) is 48.5 Å². The number of aryl methyl sites for hydroxylation is 2. The van der Waals surface area contributed by atoms with Gasteiger partial charge < -0.3 is 29.6 Å². The molecule has 4 atom stereocenters. The highest BCUT2D eigenvalue weighted by Crippen LogP contribution is 2.38. The molecule has 0 spiro atoms. The summed E-state index contributed by atoms with van der Waals surface area (Å²) in [6.45, 7) is 12.6. The van der Waals surface area contributed by atoms with Crippen LogP contribution in [0, 0.1) is 24.7 Å². The fourth-order valence-electron chi connectivity index (χ4n) is 7.23. The van der Waals surface area contributed by atoms with Gasteiger partial charge in [0.25, 0.3) is 0 Å². The average Bonchev–Trinajstić information content (AvgIpc) is 3.23. The van der Waals surface area contributed by atoms with Gasteiger partial charge in [-0.25, -0.2) is 9.97 Å². The lowest BCUT2D eigenvalue weighted by atomic mass is 9.86. The van der Waals surface area contributed by atoms with Crippen LogP contribution in [0.5, 0.6) is 11.8 Å². The predicted octanol–water partition coefficient (Wildman–Crippen LogP) is 9.01. The highest BCUT2D eigenvalue weighted by atomic mass is 19.4. The van der Waals surface area contributed by atoms with E-state index in [1.54, 1.807) is 27.7 Å². The smallest absolute Gasteiger partial charge is 0.421 e. The zero-order chi connectivity index (χ0) is 45.3. The van der Waals surface area contributed by atoms with Gasteiger partial charge in [-0.05, 0) is 114 Å². The molecule has 10 nitrogen and oxygen atoms in total. The van der Waals surface area contributed by atoms with Crippen LogP contribution in [0.15, 0.2) is 85.2 Å². The summed E-state index contributed by atoms with van der Waals surface area (Å²) >= 11 is 0. The van der Waals surface area contributed by atoms with Crippen molar-refractivity contribution in [2.75, 3.05) is 39.4 Å². The van der Waals surface area contributed by atoms with Crippen molar-refractivity contribution in [1.82, 2.24) is 20.6 Å². The van der Waals surface area contributed by atoms with Crippen molar-refractivity contribution in [3.8, 4) is 11.8 Å². The summed E-state index contributed by atoms with van der Waals surface area (Å²) < 4.78 is 101. The van der Waals surface area contributed by atoms with Crippen molar-refractivity contribution >= 4 is 11.9 Å². The Balaban J connectivity index is 0.000000234. The minimum absolute atomic E-state index is 0.00300. The maximum atomic E-state index is 13.2. The summed E-state index contributed by atoms with van der Waals surface area (Å²) in [4.78, 5) is 33.2. The number of halogens is 6. The minimum Gasteiger partial charge on any atom is -0.476 e. The van der Waals surface area contributed by atoms with Crippen LogP contribution < -0.4 is 20.1 Å². The quantitative estimate of drug-likeness (QED) is 0.105. The van der Waals surface area contributed by atoms with Crippen LogP contribution in [0.4, 0.5) is 26.3 Å². The number of nitrogens with one attached hydrogen (secondary N) is 2. The molecule has 2 aromatic carbocycles. The molecular weight excluding hydrogens is 819 g/mol. The Hall–Kier alpha value is -5.22. The molecule has 2 aliphatic heterocycles. The van der Waals surface area contributed by atoms with Crippen molar-refractivity contribution in [3.63, 3.8) is 0 Å². The van der Waals surface area contributed by atoms with Crippen LogP contribution in [0.2, 0.25) is 0 Å². The number of carbonyl (C=O) groups is 2. The number of aromatic nitrogens is 2. The van der Waals surface area contributed by atoms with Gasteiger partial charge in [-0.2, -0.15) is 26.3 Å². The SMILES string of the molecule is Cc1ccccc1[C@@H]1CNCC[C@H]1OC(=O)C(C)(C)COc1ncccc1C(F)(F)F.Cc1ccccc1[C@H]1CNCC[C@@H]1OC(=O)C(C)(C)COc1ncccc1C(F)(F)F. The number of piperidine rings is 2. The van der Waals surface area contributed by atoms with Gasteiger partial charge in [0.2, 0.25) is 11.8 Å². The molecule has 2 saturated heterocycles. The maximum Gasteiger partial charge on any atom is 0.421 e. The molecule has 16 heteroatoms. The topological polar surface area (TPSA) is 121 Å². The summed E-state index contributed by atoms with van der Waals surface area (Å²) in [5.41, 5.74) is 0.219. The Morgan fingerprint density at radius 2 is 0.968 bits per heavy atom. The molecule has 0 aliphatic carbocycles. The number of nitrogens with zero attached hydrogens (tertiary/aromatic N) is 2. The monoisotopic (exact) mass is 872 g/mol. The largest absolute Gasteiger partial charge is 0.476 e. The number of hydrogen-bond donors (Lipinski definition) is 2. The van der Waals surface area contributed by atoms with Crippen LogP contribution in [0.1, 0.15) is 85.8 Å². The van der Waals surface area contributed by atoms with E-state index in [2.05, 4.69) is 20.6 Å². The Morgan fingerprint density at radius 1 is 0.597 bits per heavy atom. The number of pyridine rings is 2. The third kappa shape index (κ3) is 12.5. The Labute approximate surface area is 358 Å². The number of ether oxygens (including phenoxy) is 4. The number of benzene rings is 2. The predicted molar refractivity (Wildman–Crippen MR) is 220 cm³/mol. The van der Waals surface area contributed by atoms with E-state index in [0.29, 0.717) is 25.9 Å². The molecule has 4 aromatic rings. The van der Waals surface area contributed by atoms with Gasteiger partial charge in [0, 0.05) is 37.3 Å². The Morgan fingerprint density at radius 3 is 1.32 bits per heavy atom. The first-order chi connectivity index (χ1) is 29.2. The fourth-order valence-corrected chi connectivity index (χ4v) is 7.23. The van der Waals surface area contributed by atoms with E-state index in [-0.39, 0.29) is 37.3 Å². The first-order valence-corrected chi connectivity index (χ1v) is 20.4. The van der Waals surface area contributed by atoms with Gasteiger partial charge in [0.05, 0.1) is 10.8 Å². The van der Waals surface area contributed by atoms with Crippen LogP contribution in [0.3, 0.4) is 0 Å². The molecule has 2 N–H and O–H groups in total. The van der Waals surface area contributed by atoms with Crippen molar-refractivity contribution in [1.29, 1.82) is 0 Å². The van der Waals surface area contributed by atoms with Crippen molar-refractivity contribution in [2.24, 2.45) is 10.8 Å².